The molecule has 4 atom stereocenters. The molecule has 12 heteroatoms. The summed E-state index contributed by atoms with van der Waals surface area (Å²) in [6.07, 6.45) is 1.80. The van der Waals surface area contributed by atoms with Crippen LogP contribution in [0.25, 0.3) is 11.3 Å². The Hall–Kier alpha value is -2.47. The molecule has 3 saturated heterocycles. The van der Waals surface area contributed by atoms with Gasteiger partial charge in [0.05, 0.1) is 24.8 Å². The Morgan fingerprint density at radius 1 is 1.26 bits per heavy atom. The van der Waals surface area contributed by atoms with Crippen LogP contribution in [0.2, 0.25) is 0 Å². The lowest BCUT2D eigenvalue weighted by atomic mass is 10.2. The predicted octanol–water partition coefficient (Wildman–Crippen LogP) is 2.32. The number of pyridine rings is 1. The molecule has 2 bridgehead atoms. The van der Waals surface area contributed by atoms with Crippen molar-refractivity contribution in [3.05, 3.63) is 18.3 Å². The number of alkyl halides is 3. The number of nitrogens with zero attached hydrogens (tertiary/aromatic N) is 5. The lowest BCUT2D eigenvalue weighted by Crippen LogP contribution is -2.41. The minimum Gasteiger partial charge on any atom is -0.431 e. The van der Waals surface area contributed by atoms with Gasteiger partial charge in [-0.2, -0.15) is 18.3 Å². The molecule has 2 aromatic rings. The predicted molar refractivity (Wildman–Crippen MR) is 112 cm³/mol. The van der Waals surface area contributed by atoms with Crippen LogP contribution in [0.15, 0.2) is 18.3 Å². The lowest BCUT2D eigenvalue weighted by Gasteiger charge is -2.27. The molecule has 3 N–H and O–H groups in total. The molecule has 0 spiro atoms. The van der Waals surface area contributed by atoms with Crippen LogP contribution >= 0.6 is 0 Å². The quantitative estimate of drug-likeness (QED) is 0.663. The molecule has 0 saturated carbocycles. The molecule has 3 aliphatic rings. The maximum Gasteiger partial charge on any atom is 0.387 e. The summed E-state index contributed by atoms with van der Waals surface area (Å²) in [6.45, 7) is -1.65. The molecule has 0 radical (unpaired) electrons. The zero-order valence-electron chi connectivity index (χ0n) is 16.5. The molecule has 5 rings (SSSR count). The van der Waals surface area contributed by atoms with Crippen molar-refractivity contribution in [3.8, 4) is 17.0 Å². The minimum atomic E-state index is -3.03. The summed E-state index contributed by atoms with van der Waals surface area (Å²) in [7, 11) is 0. The van der Waals surface area contributed by atoms with Crippen molar-refractivity contribution in [2.75, 3.05) is 40.9 Å². The van der Waals surface area contributed by atoms with E-state index >= 15 is 0 Å². The summed E-state index contributed by atoms with van der Waals surface area (Å²) in [6, 6.07) is 3.32. The third kappa shape index (κ3) is 3.93. The fraction of sp³-hybridized carbons (Fsp3) is 0.526. The average Bonchev–Trinajstić information content (AvgIpc) is 3.44. The summed E-state index contributed by atoms with van der Waals surface area (Å²) in [5.41, 5.74) is 6.56. The third-order valence-corrected chi connectivity index (χ3v) is 7.76. The van der Waals surface area contributed by atoms with Crippen LogP contribution < -0.4 is 20.3 Å². The highest BCUT2D eigenvalue weighted by atomic mass is 32.2. The van der Waals surface area contributed by atoms with Crippen LogP contribution in [-0.2, 0) is 11.2 Å². The fourth-order valence-corrected chi connectivity index (χ4v) is 6.15. The summed E-state index contributed by atoms with van der Waals surface area (Å²) >= 11 is -0.577. The molecule has 1 unspecified atom stereocenters. The van der Waals surface area contributed by atoms with Gasteiger partial charge in [-0.15, -0.1) is 0 Å². The highest BCUT2D eigenvalue weighted by Crippen LogP contribution is 2.38. The molecule has 0 amide bonds. The van der Waals surface area contributed by atoms with Crippen molar-refractivity contribution >= 4 is 28.8 Å². The zero-order valence-corrected chi connectivity index (χ0v) is 17.3. The van der Waals surface area contributed by atoms with Crippen molar-refractivity contribution < 1.29 is 22.5 Å². The number of ether oxygens (including phenoxy) is 1. The molecule has 31 heavy (non-hydrogen) atoms. The first-order chi connectivity index (χ1) is 14.9. The second kappa shape index (κ2) is 7.90. The van der Waals surface area contributed by atoms with Crippen LogP contribution in [0, 0.1) is 0 Å². The standard InChI is InChI=1S/C19H22F3N6O2S/c20-11-1-2-27(7-11)19-25-14(10-3-15(30-18(21)22)17(23)24-6-10)5-16(26-19)28-8-13-4-12(28)9-31(13)29/h3,5-6,11-13,18,29H,1-2,4,7-9H2,(H2,23,24)/q+1/t11-,12+,13+,31?/m1/s1. The smallest absolute Gasteiger partial charge is 0.387 e. The van der Waals surface area contributed by atoms with E-state index in [0.29, 0.717) is 48.3 Å². The van der Waals surface area contributed by atoms with Gasteiger partial charge in [-0.05, 0) is 12.5 Å². The highest BCUT2D eigenvalue weighted by molar-refractivity contribution is 7.92. The van der Waals surface area contributed by atoms with E-state index in [1.807, 2.05) is 0 Å². The molecule has 166 valence electrons. The van der Waals surface area contributed by atoms with Crippen LogP contribution in [0.5, 0.6) is 5.75 Å². The van der Waals surface area contributed by atoms with Crippen LogP contribution in [-0.4, -0.2) is 69.0 Å². The molecule has 0 aromatic carbocycles. The van der Waals surface area contributed by atoms with Gasteiger partial charge in [-0.3, -0.25) is 0 Å². The first-order valence-corrected chi connectivity index (χ1v) is 11.4. The second-order valence-corrected chi connectivity index (χ2v) is 9.76. The third-order valence-electron chi connectivity index (χ3n) is 5.93. The van der Waals surface area contributed by atoms with E-state index in [2.05, 4.69) is 24.6 Å². The second-order valence-electron chi connectivity index (χ2n) is 7.96. The number of nitrogen functional groups attached to an aromatic ring is 1. The number of rotatable bonds is 5. The number of fused-ring (bicyclic) bond motifs is 2. The van der Waals surface area contributed by atoms with Crippen LogP contribution in [0.4, 0.5) is 30.8 Å². The summed E-state index contributed by atoms with van der Waals surface area (Å²) < 4.78 is 53.9. The maximum absolute atomic E-state index is 13.8. The number of hydrogen-bond donors (Lipinski definition) is 2. The summed E-state index contributed by atoms with van der Waals surface area (Å²) in [5, 5.41) is 0.220. The number of nitrogens with two attached hydrogens (primary N) is 1. The molecule has 0 aliphatic carbocycles. The van der Waals surface area contributed by atoms with E-state index < -0.39 is 24.0 Å². The van der Waals surface area contributed by atoms with E-state index in [9.17, 15) is 17.7 Å². The van der Waals surface area contributed by atoms with Gasteiger partial charge >= 0.3 is 6.61 Å². The van der Waals surface area contributed by atoms with Gasteiger partial charge in [0.1, 0.15) is 12.0 Å². The molecule has 3 fully saturated rings. The Bertz CT molecular complexity index is 984. The molecule has 5 heterocycles. The lowest BCUT2D eigenvalue weighted by molar-refractivity contribution is -0.0494. The van der Waals surface area contributed by atoms with E-state index in [-0.39, 0.29) is 29.4 Å². The van der Waals surface area contributed by atoms with Gasteiger partial charge in [0, 0.05) is 30.8 Å². The molecule has 2 aromatic heterocycles. The fourth-order valence-electron chi connectivity index (χ4n) is 4.39. The van der Waals surface area contributed by atoms with Crippen molar-refractivity contribution in [1.29, 1.82) is 0 Å². The van der Waals surface area contributed by atoms with E-state index in [1.165, 1.54) is 12.3 Å². The molecular formula is C19H22F3N6O2S+. The number of anilines is 3. The minimum absolute atomic E-state index is 0.148. The van der Waals surface area contributed by atoms with Gasteiger partial charge in [0.25, 0.3) is 0 Å². The Balaban J connectivity index is 1.54. The molecule has 8 nitrogen and oxygen atoms in total. The summed E-state index contributed by atoms with van der Waals surface area (Å²) in [4.78, 5) is 17.1. The van der Waals surface area contributed by atoms with Gasteiger partial charge in [0.2, 0.25) is 5.95 Å². The summed E-state index contributed by atoms with van der Waals surface area (Å²) in [5.74, 6) is 1.37. The first-order valence-electron chi connectivity index (χ1n) is 10.0. The van der Waals surface area contributed by atoms with Gasteiger partial charge in [-0.25, -0.2) is 14.4 Å². The largest absolute Gasteiger partial charge is 0.431 e. The normalized spacial score (nSPS) is 27.5. The van der Waals surface area contributed by atoms with E-state index in [0.717, 1.165) is 6.42 Å². The number of hydrogen-bond acceptors (Lipinski definition) is 8. The number of aromatic nitrogens is 3. The van der Waals surface area contributed by atoms with Crippen molar-refractivity contribution in [2.45, 2.75) is 36.9 Å². The Kier molecular flexibility index (Phi) is 5.21. The molecular weight excluding hydrogens is 433 g/mol. The van der Waals surface area contributed by atoms with Crippen LogP contribution in [0.1, 0.15) is 12.8 Å². The Morgan fingerprint density at radius 3 is 2.74 bits per heavy atom. The van der Waals surface area contributed by atoms with Gasteiger partial charge < -0.3 is 20.3 Å². The topological polar surface area (TPSA) is 101 Å². The maximum atomic E-state index is 13.8. The van der Waals surface area contributed by atoms with Crippen molar-refractivity contribution in [2.24, 2.45) is 0 Å². The van der Waals surface area contributed by atoms with E-state index in [4.69, 9.17) is 5.73 Å². The van der Waals surface area contributed by atoms with Crippen molar-refractivity contribution in [1.82, 2.24) is 15.0 Å². The first kappa shape index (κ1) is 20.4. The van der Waals surface area contributed by atoms with E-state index in [1.54, 1.807) is 11.0 Å². The van der Waals surface area contributed by atoms with Crippen LogP contribution in [0.3, 0.4) is 0 Å². The van der Waals surface area contributed by atoms with Crippen molar-refractivity contribution in [3.63, 3.8) is 0 Å². The van der Waals surface area contributed by atoms with Gasteiger partial charge in [-0.1, -0.05) is 0 Å². The Morgan fingerprint density at radius 2 is 2.10 bits per heavy atom. The Labute approximate surface area is 179 Å². The van der Waals surface area contributed by atoms with Gasteiger partial charge in [0.15, 0.2) is 33.7 Å². The molecule has 3 aliphatic heterocycles. The zero-order chi connectivity index (χ0) is 21.7. The average molecular weight is 455 g/mol. The highest BCUT2D eigenvalue weighted by Gasteiger charge is 2.53. The SMILES string of the molecule is Nc1ncc(-c2cc(N3C[C@@H]4C[C@H]3C[S+]4O)nc(N3CC[C@@H](F)C3)n2)cc1OC(F)F. The monoisotopic (exact) mass is 455 g/mol. The number of halogens is 3.